The van der Waals surface area contributed by atoms with Crippen LogP contribution < -0.4 is 14.4 Å². The molecule has 0 fully saturated rings. The number of nitrogens with zero attached hydrogens (tertiary/aromatic N) is 3. The molecule has 1 atom stereocenters. The summed E-state index contributed by atoms with van der Waals surface area (Å²) in [6.07, 6.45) is 1.01. The topological polar surface area (TPSA) is 101 Å². The number of carbonyl (C=O) groups is 1. The van der Waals surface area contributed by atoms with E-state index in [0.717, 1.165) is 21.9 Å². The summed E-state index contributed by atoms with van der Waals surface area (Å²) >= 11 is 8.78. The Labute approximate surface area is 200 Å². The van der Waals surface area contributed by atoms with Crippen LogP contribution in [0, 0.1) is 0 Å². The molecule has 0 radical (unpaired) electrons. The van der Waals surface area contributed by atoms with Crippen LogP contribution in [0.5, 0.6) is 5.75 Å². The first-order valence-electron chi connectivity index (χ1n) is 9.33. The summed E-state index contributed by atoms with van der Waals surface area (Å²) in [7, 11) is -2.43. The number of thioether (sulfide) groups is 1. The predicted molar refractivity (Wildman–Crippen MR) is 129 cm³/mol. The van der Waals surface area contributed by atoms with Gasteiger partial charge in [-0.2, -0.15) is 0 Å². The van der Waals surface area contributed by atoms with Crippen molar-refractivity contribution in [2.75, 3.05) is 23.0 Å². The fourth-order valence-corrected chi connectivity index (χ4v) is 5.91. The van der Waals surface area contributed by atoms with Gasteiger partial charge in [-0.3, -0.25) is 14.4 Å². The van der Waals surface area contributed by atoms with Gasteiger partial charge in [0.15, 0.2) is 4.34 Å². The fraction of sp³-hybridized carbons (Fsp3) is 0.250. The SMILES string of the molecule is COc1ccc(Cl)cc1N(C(C)C(=O)Nc1nnc(SCc2ccccc2)s1)S(C)(=O)=O. The molecule has 3 aromatic rings. The molecule has 0 saturated heterocycles. The Morgan fingerprint density at radius 1 is 1.25 bits per heavy atom. The quantitative estimate of drug-likeness (QED) is 0.337. The minimum absolute atomic E-state index is 0.168. The third kappa shape index (κ3) is 6.12. The van der Waals surface area contributed by atoms with Crippen molar-refractivity contribution >= 4 is 61.4 Å². The maximum absolute atomic E-state index is 12.9. The number of nitrogens with one attached hydrogen (secondary N) is 1. The molecule has 0 aliphatic rings. The van der Waals surface area contributed by atoms with Crippen molar-refractivity contribution in [1.29, 1.82) is 0 Å². The van der Waals surface area contributed by atoms with E-state index < -0.39 is 22.0 Å². The molecule has 0 spiro atoms. The first kappa shape index (κ1) is 24.3. The highest BCUT2D eigenvalue weighted by atomic mass is 35.5. The number of hydrogen-bond acceptors (Lipinski definition) is 8. The zero-order valence-corrected chi connectivity index (χ0v) is 20.7. The van der Waals surface area contributed by atoms with Gasteiger partial charge in [0, 0.05) is 10.8 Å². The number of aromatic nitrogens is 2. The van der Waals surface area contributed by atoms with E-state index in [1.165, 1.54) is 43.2 Å². The molecule has 3 rings (SSSR count). The fourth-order valence-electron chi connectivity index (χ4n) is 2.86. The van der Waals surface area contributed by atoms with E-state index in [1.807, 2.05) is 30.3 Å². The van der Waals surface area contributed by atoms with Gasteiger partial charge < -0.3 is 4.74 Å². The predicted octanol–water partition coefficient (Wildman–Crippen LogP) is 4.29. The van der Waals surface area contributed by atoms with Crippen molar-refractivity contribution < 1.29 is 17.9 Å². The van der Waals surface area contributed by atoms with Crippen molar-refractivity contribution in [3.05, 3.63) is 59.1 Å². The number of amides is 1. The van der Waals surface area contributed by atoms with Crippen molar-refractivity contribution in [1.82, 2.24) is 10.2 Å². The summed E-state index contributed by atoms with van der Waals surface area (Å²) in [6, 6.07) is 13.4. The number of hydrogen-bond donors (Lipinski definition) is 1. The van der Waals surface area contributed by atoms with Gasteiger partial charge in [-0.15, -0.1) is 10.2 Å². The average molecular weight is 513 g/mol. The van der Waals surface area contributed by atoms with Gasteiger partial charge in [-0.25, -0.2) is 8.42 Å². The maximum atomic E-state index is 12.9. The van der Waals surface area contributed by atoms with Crippen LogP contribution in [0.25, 0.3) is 0 Å². The van der Waals surface area contributed by atoms with Gasteiger partial charge in [0.1, 0.15) is 11.8 Å². The molecule has 1 amide bonds. The lowest BCUT2D eigenvalue weighted by molar-refractivity contribution is -0.116. The number of ether oxygens (including phenoxy) is 1. The van der Waals surface area contributed by atoms with Gasteiger partial charge >= 0.3 is 0 Å². The van der Waals surface area contributed by atoms with Crippen LogP contribution in [0.15, 0.2) is 52.9 Å². The molecule has 2 aromatic carbocycles. The summed E-state index contributed by atoms with van der Waals surface area (Å²) in [5.41, 5.74) is 1.31. The zero-order chi connectivity index (χ0) is 23.3. The van der Waals surface area contributed by atoms with Crippen molar-refractivity contribution in [2.45, 2.75) is 23.1 Å². The smallest absolute Gasteiger partial charge is 0.249 e. The molecule has 1 aromatic heterocycles. The van der Waals surface area contributed by atoms with Gasteiger partial charge in [-0.1, -0.05) is 65.0 Å². The van der Waals surface area contributed by atoms with Gasteiger partial charge in [-0.05, 0) is 30.7 Å². The van der Waals surface area contributed by atoms with E-state index in [9.17, 15) is 13.2 Å². The van der Waals surface area contributed by atoms with Crippen LogP contribution in [-0.2, 0) is 20.6 Å². The Morgan fingerprint density at radius 3 is 2.62 bits per heavy atom. The number of halogens is 1. The van der Waals surface area contributed by atoms with Crippen molar-refractivity contribution in [2.24, 2.45) is 0 Å². The molecular formula is C20H21ClN4O4S3. The molecule has 1 heterocycles. The van der Waals surface area contributed by atoms with E-state index in [2.05, 4.69) is 15.5 Å². The van der Waals surface area contributed by atoms with Gasteiger partial charge in [0.25, 0.3) is 0 Å². The third-order valence-corrected chi connectivity index (χ3v) is 7.81. The molecule has 0 aliphatic heterocycles. The minimum atomic E-state index is -3.84. The minimum Gasteiger partial charge on any atom is -0.495 e. The standard InChI is InChI=1S/C20H21ClN4O4S3/c1-13(25(32(3,27)28)16-11-15(21)9-10-17(16)29-2)18(26)22-19-23-24-20(31-19)30-12-14-7-5-4-6-8-14/h4-11,13H,12H2,1-3H3,(H,22,23,26). The zero-order valence-electron chi connectivity index (χ0n) is 17.5. The highest BCUT2D eigenvalue weighted by Gasteiger charge is 2.32. The molecule has 0 saturated carbocycles. The highest BCUT2D eigenvalue weighted by molar-refractivity contribution is 8.00. The van der Waals surface area contributed by atoms with Crippen LogP contribution in [0.1, 0.15) is 12.5 Å². The second-order valence-corrected chi connectivity index (χ2v) is 11.2. The summed E-state index contributed by atoms with van der Waals surface area (Å²) in [5, 5.41) is 11.3. The highest BCUT2D eigenvalue weighted by Crippen LogP contribution is 2.34. The lowest BCUT2D eigenvalue weighted by atomic mass is 10.2. The van der Waals surface area contributed by atoms with Crippen molar-refractivity contribution in [3.63, 3.8) is 0 Å². The summed E-state index contributed by atoms with van der Waals surface area (Å²) in [4.78, 5) is 12.9. The van der Waals surface area contributed by atoms with E-state index in [1.54, 1.807) is 12.1 Å². The first-order valence-corrected chi connectivity index (χ1v) is 13.4. The molecule has 170 valence electrons. The monoisotopic (exact) mass is 512 g/mol. The summed E-state index contributed by atoms with van der Waals surface area (Å²) < 4.78 is 32.0. The van der Waals surface area contributed by atoms with Crippen LogP contribution in [0.3, 0.4) is 0 Å². The largest absolute Gasteiger partial charge is 0.495 e. The molecule has 0 aliphatic carbocycles. The van der Waals surface area contributed by atoms with Crippen LogP contribution >= 0.6 is 34.7 Å². The lowest BCUT2D eigenvalue weighted by Crippen LogP contribution is -2.45. The van der Waals surface area contributed by atoms with Gasteiger partial charge in [0.05, 0.1) is 19.1 Å². The van der Waals surface area contributed by atoms with Gasteiger partial charge in [0.2, 0.25) is 21.1 Å². The van der Waals surface area contributed by atoms with Crippen LogP contribution in [0.2, 0.25) is 5.02 Å². The Balaban J connectivity index is 1.75. The van der Waals surface area contributed by atoms with Crippen LogP contribution in [-0.4, -0.2) is 43.9 Å². The molecule has 0 bridgehead atoms. The second kappa shape index (κ2) is 10.5. The van der Waals surface area contributed by atoms with E-state index >= 15 is 0 Å². The average Bonchev–Trinajstić information content (AvgIpc) is 3.19. The molecule has 1 unspecified atom stereocenters. The Hall–Kier alpha value is -2.34. The summed E-state index contributed by atoms with van der Waals surface area (Å²) in [6.45, 7) is 1.48. The Kier molecular flexibility index (Phi) is 7.99. The lowest BCUT2D eigenvalue weighted by Gasteiger charge is -2.29. The summed E-state index contributed by atoms with van der Waals surface area (Å²) in [5.74, 6) is 0.430. The van der Waals surface area contributed by atoms with Crippen LogP contribution in [0.4, 0.5) is 10.8 Å². The number of carbonyl (C=O) groups excluding carboxylic acids is 1. The normalized spacial score (nSPS) is 12.2. The van der Waals surface area contributed by atoms with E-state index in [4.69, 9.17) is 16.3 Å². The number of sulfonamides is 1. The molecule has 8 nitrogen and oxygen atoms in total. The third-order valence-electron chi connectivity index (χ3n) is 4.31. The maximum Gasteiger partial charge on any atom is 0.249 e. The number of benzene rings is 2. The van der Waals surface area contributed by atoms with E-state index in [0.29, 0.717) is 9.36 Å². The Morgan fingerprint density at radius 2 is 1.97 bits per heavy atom. The Bertz CT molecular complexity index is 1190. The van der Waals surface area contributed by atoms with Crippen molar-refractivity contribution in [3.8, 4) is 5.75 Å². The molecule has 1 N–H and O–H groups in total. The molecular weight excluding hydrogens is 492 g/mol. The second-order valence-electron chi connectivity index (χ2n) is 6.69. The number of anilines is 2. The number of rotatable bonds is 9. The number of methoxy groups -OCH3 is 1. The first-order chi connectivity index (χ1) is 15.2. The molecule has 12 heteroatoms. The molecule has 32 heavy (non-hydrogen) atoms. The van der Waals surface area contributed by atoms with E-state index in [-0.39, 0.29) is 16.6 Å².